The van der Waals surface area contributed by atoms with E-state index in [9.17, 15) is 22.8 Å². The van der Waals surface area contributed by atoms with Crippen LogP contribution < -0.4 is 0 Å². The van der Waals surface area contributed by atoms with Crippen LogP contribution in [-0.4, -0.2) is 55.0 Å². The van der Waals surface area contributed by atoms with Crippen LogP contribution in [0.15, 0.2) is 0 Å². The normalized spacial score (nSPS) is 18.1. The minimum atomic E-state index is -4.50. The van der Waals surface area contributed by atoms with Crippen molar-refractivity contribution in [1.82, 2.24) is 9.80 Å². The molecule has 0 aromatic carbocycles. The molecule has 0 N–H and O–H groups in total. The zero-order chi connectivity index (χ0) is 16.0. The smallest absolute Gasteiger partial charge is 0.347 e. The van der Waals surface area contributed by atoms with E-state index < -0.39 is 24.7 Å². The Hall–Kier alpha value is -1.27. The third-order valence-corrected chi connectivity index (χ3v) is 3.90. The SMILES string of the molecule is CN(C)C(=O)C(CC1CCCCC1)N(C=O)CC(F)(F)F. The van der Waals surface area contributed by atoms with Crippen LogP contribution in [0.25, 0.3) is 0 Å². The number of alkyl halides is 3. The minimum Gasteiger partial charge on any atom is -0.347 e. The summed E-state index contributed by atoms with van der Waals surface area (Å²) in [5, 5.41) is 0. The quantitative estimate of drug-likeness (QED) is 0.707. The lowest BCUT2D eigenvalue weighted by atomic mass is 9.84. The molecule has 1 fully saturated rings. The van der Waals surface area contributed by atoms with Crippen LogP contribution in [0.1, 0.15) is 38.5 Å². The third kappa shape index (κ3) is 5.93. The molecule has 0 aliphatic heterocycles. The molecular weight excluding hydrogens is 285 g/mol. The van der Waals surface area contributed by atoms with Gasteiger partial charge in [0.15, 0.2) is 0 Å². The van der Waals surface area contributed by atoms with Crippen molar-refractivity contribution in [3.8, 4) is 0 Å². The molecule has 0 radical (unpaired) electrons. The van der Waals surface area contributed by atoms with Crippen molar-refractivity contribution in [2.24, 2.45) is 5.92 Å². The van der Waals surface area contributed by atoms with Gasteiger partial charge in [0.05, 0.1) is 0 Å². The molecule has 0 aromatic heterocycles. The van der Waals surface area contributed by atoms with E-state index in [2.05, 4.69) is 0 Å². The lowest BCUT2D eigenvalue weighted by molar-refractivity contribution is -0.164. The van der Waals surface area contributed by atoms with Crippen LogP contribution in [0.2, 0.25) is 0 Å². The monoisotopic (exact) mass is 308 g/mol. The van der Waals surface area contributed by atoms with Crippen molar-refractivity contribution in [3.63, 3.8) is 0 Å². The van der Waals surface area contributed by atoms with Crippen molar-refractivity contribution in [2.45, 2.75) is 50.7 Å². The summed E-state index contributed by atoms with van der Waals surface area (Å²) >= 11 is 0. The molecule has 4 nitrogen and oxygen atoms in total. The Kier molecular flexibility index (Phi) is 6.48. The molecule has 7 heteroatoms. The zero-order valence-corrected chi connectivity index (χ0v) is 12.5. The topological polar surface area (TPSA) is 40.6 Å². The highest BCUT2D eigenvalue weighted by Crippen LogP contribution is 2.29. The van der Waals surface area contributed by atoms with Gasteiger partial charge in [-0.15, -0.1) is 0 Å². The summed E-state index contributed by atoms with van der Waals surface area (Å²) < 4.78 is 37.7. The van der Waals surface area contributed by atoms with Crippen LogP contribution >= 0.6 is 0 Å². The molecule has 21 heavy (non-hydrogen) atoms. The molecule has 0 aromatic rings. The molecule has 1 atom stereocenters. The second-order valence-corrected chi connectivity index (χ2v) is 5.88. The molecule has 0 saturated heterocycles. The highest BCUT2D eigenvalue weighted by Gasteiger charge is 2.37. The first-order valence-electron chi connectivity index (χ1n) is 7.23. The maximum atomic E-state index is 12.6. The van der Waals surface area contributed by atoms with Gasteiger partial charge >= 0.3 is 6.18 Å². The van der Waals surface area contributed by atoms with E-state index in [-0.39, 0.29) is 12.3 Å². The van der Waals surface area contributed by atoms with E-state index in [4.69, 9.17) is 0 Å². The molecule has 1 aliphatic rings. The summed E-state index contributed by atoms with van der Waals surface area (Å²) in [5.41, 5.74) is 0. The number of nitrogens with zero attached hydrogens (tertiary/aromatic N) is 2. The van der Waals surface area contributed by atoms with Crippen LogP contribution in [0.5, 0.6) is 0 Å². The number of hydrogen-bond donors (Lipinski definition) is 0. The molecule has 1 rings (SSSR count). The number of halogens is 3. The first kappa shape index (κ1) is 17.8. The van der Waals surface area contributed by atoms with Gasteiger partial charge in [0, 0.05) is 14.1 Å². The highest BCUT2D eigenvalue weighted by atomic mass is 19.4. The van der Waals surface area contributed by atoms with E-state index >= 15 is 0 Å². The summed E-state index contributed by atoms with van der Waals surface area (Å²) in [6.45, 7) is -1.38. The average molecular weight is 308 g/mol. The first-order chi connectivity index (χ1) is 9.74. The van der Waals surface area contributed by atoms with E-state index in [0.717, 1.165) is 32.1 Å². The van der Waals surface area contributed by atoms with Crippen LogP contribution in [0.3, 0.4) is 0 Å². The predicted octanol–water partition coefficient (Wildman–Crippen LogP) is 2.43. The molecule has 1 saturated carbocycles. The largest absolute Gasteiger partial charge is 0.406 e. The number of rotatable bonds is 6. The predicted molar refractivity (Wildman–Crippen MR) is 72.5 cm³/mol. The van der Waals surface area contributed by atoms with Gasteiger partial charge in [0.25, 0.3) is 0 Å². The number of amides is 2. The van der Waals surface area contributed by atoms with Gasteiger partial charge in [0.1, 0.15) is 12.6 Å². The average Bonchev–Trinajstić information content (AvgIpc) is 2.41. The number of likely N-dealkylation sites (N-methyl/N-ethyl adjacent to an activating group) is 1. The molecule has 2 amide bonds. The minimum absolute atomic E-state index is 0.141. The third-order valence-electron chi connectivity index (χ3n) is 3.90. The summed E-state index contributed by atoms with van der Waals surface area (Å²) in [6, 6.07) is -1.03. The fourth-order valence-corrected chi connectivity index (χ4v) is 2.84. The van der Waals surface area contributed by atoms with Gasteiger partial charge < -0.3 is 9.80 Å². The number of hydrogen-bond acceptors (Lipinski definition) is 2. The second-order valence-electron chi connectivity index (χ2n) is 5.88. The molecule has 1 unspecified atom stereocenters. The van der Waals surface area contributed by atoms with Gasteiger partial charge in [0.2, 0.25) is 12.3 Å². The Morgan fingerprint density at radius 3 is 2.24 bits per heavy atom. The number of carbonyl (C=O) groups is 2. The highest BCUT2D eigenvalue weighted by molar-refractivity contribution is 5.83. The molecule has 122 valence electrons. The Morgan fingerprint density at radius 1 is 1.24 bits per heavy atom. The van der Waals surface area contributed by atoms with Crippen molar-refractivity contribution < 1.29 is 22.8 Å². The van der Waals surface area contributed by atoms with E-state index in [1.807, 2.05) is 0 Å². The summed E-state index contributed by atoms with van der Waals surface area (Å²) in [4.78, 5) is 25.1. The van der Waals surface area contributed by atoms with E-state index in [0.29, 0.717) is 11.3 Å². The lowest BCUT2D eigenvalue weighted by Gasteiger charge is -2.33. The van der Waals surface area contributed by atoms with E-state index in [1.165, 1.54) is 19.0 Å². The van der Waals surface area contributed by atoms with Gasteiger partial charge in [-0.1, -0.05) is 32.1 Å². The fraction of sp³-hybridized carbons (Fsp3) is 0.857. The van der Waals surface area contributed by atoms with Crippen molar-refractivity contribution >= 4 is 12.3 Å². The van der Waals surface area contributed by atoms with E-state index in [1.54, 1.807) is 0 Å². The molecule has 0 heterocycles. The maximum Gasteiger partial charge on any atom is 0.406 e. The molecule has 1 aliphatic carbocycles. The number of carbonyl (C=O) groups excluding carboxylic acids is 2. The standard InChI is InChI=1S/C14H23F3N2O2/c1-18(2)13(21)12(8-11-6-4-3-5-7-11)19(10-20)9-14(15,16)17/h10-12H,3-9H2,1-2H3. The molecule has 0 spiro atoms. The Bertz CT molecular complexity index is 353. The van der Waals surface area contributed by atoms with Gasteiger partial charge in [-0.25, -0.2) is 0 Å². The summed E-state index contributed by atoms with van der Waals surface area (Å²) in [5.74, 6) is -0.236. The van der Waals surface area contributed by atoms with Gasteiger partial charge in [-0.2, -0.15) is 13.2 Å². The van der Waals surface area contributed by atoms with Gasteiger partial charge in [-0.05, 0) is 12.3 Å². The summed E-state index contributed by atoms with van der Waals surface area (Å²) in [6.07, 6.45) is 0.975. The van der Waals surface area contributed by atoms with Crippen LogP contribution in [0.4, 0.5) is 13.2 Å². The first-order valence-corrected chi connectivity index (χ1v) is 7.23. The van der Waals surface area contributed by atoms with Crippen molar-refractivity contribution in [1.29, 1.82) is 0 Å². The Balaban J connectivity index is 2.83. The maximum absolute atomic E-state index is 12.6. The Labute approximate surface area is 123 Å². The molecule has 0 bridgehead atoms. The lowest BCUT2D eigenvalue weighted by Crippen LogP contribution is -2.50. The Morgan fingerprint density at radius 2 is 1.81 bits per heavy atom. The van der Waals surface area contributed by atoms with Gasteiger partial charge in [-0.3, -0.25) is 9.59 Å². The summed E-state index contributed by atoms with van der Waals surface area (Å²) in [7, 11) is 2.99. The van der Waals surface area contributed by atoms with Crippen molar-refractivity contribution in [2.75, 3.05) is 20.6 Å². The zero-order valence-electron chi connectivity index (χ0n) is 12.5. The fourth-order valence-electron chi connectivity index (χ4n) is 2.84. The molecular formula is C14H23F3N2O2. The van der Waals surface area contributed by atoms with Crippen LogP contribution in [0, 0.1) is 5.92 Å². The second kappa shape index (κ2) is 7.66. The van der Waals surface area contributed by atoms with Crippen LogP contribution in [-0.2, 0) is 9.59 Å². The van der Waals surface area contributed by atoms with Crippen molar-refractivity contribution in [3.05, 3.63) is 0 Å².